The Morgan fingerprint density at radius 1 is 1.07 bits per heavy atom. The molecule has 2 aromatic carbocycles. The zero-order chi connectivity index (χ0) is 31.1. The number of rotatable bonds is 8. The molecular formula is C33H41ClFN7O. The van der Waals surface area contributed by atoms with Gasteiger partial charge < -0.3 is 4.90 Å². The van der Waals surface area contributed by atoms with Gasteiger partial charge in [0.15, 0.2) is 0 Å². The van der Waals surface area contributed by atoms with Crippen LogP contribution in [-0.4, -0.2) is 65.7 Å². The minimum absolute atomic E-state index is 0.106. The van der Waals surface area contributed by atoms with E-state index in [4.69, 9.17) is 16.7 Å². The minimum Gasteiger partial charge on any atom is -0.339 e. The average molecular weight is 606 g/mol. The lowest BCUT2D eigenvalue weighted by atomic mass is 9.89. The van der Waals surface area contributed by atoms with Gasteiger partial charge in [0, 0.05) is 48.0 Å². The molecule has 1 aliphatic heterocycles. The molecule has 1 unspecified atom stereocenters. The summed E-state index contributed by atoms with van der Waals surface area (Å²) in [4.78, 5) is 17.9. The third-order valence-corrected chi connectivity index (χ3v) is 9.58. The molecule has 1 fully saturated rings. The molecule has 10 heteroatoms. The van der Waals surface area contributed by atoms with Crippen LogP contribution >= 0.6 is 11.6 Å². The lowest BCUT2D eigenvalue weighted by molar-refractivity contribution is -0.135. The largest absolute Gasteiger partial charge is 0.339 e. The van der Waals surface area contributed by atoms with Gasteiger partial charge in [0.05, 0.1) is 35.2 Å². The first kappa shape index (κ1) is 30.9. The molecule has 1 aliphatic rings. The Morgan fingerprint density at radius 3 is 2.37 bits per heavy atom. The molecule has 0 spiro atoms. The van der Waals surface area contributed by atoms with E-state index in [1.54, 1.807) is 0 Å². The van der Waals surface area contributed by atoms with Crippen LogP contribution in [0.2, 0.25) is 5.02 Å². The van der Waals surface area contributed by atoms with Gasteiger partial charge in [-0.1, -0.05) is 41.9 Å². The number of carbonyl (C=O) groups excluding carboxylic acids is 1. The van der Waals surface area contributed by atoms with E-state index in [1.165, 1.54) is 12.1 Å². The number of amides is 1. The van der Waals surface area contributed by atoms with E-state index < -0.39 is 5.54 Å². The Morgan fingerprint density at radius 2 is 1.74 bits per heavy atom. The van der Waals surface area contributed by atoms with Gasteiger partial charge in [-0.2, -0.15) is 5.10 Å². The number of piperazine rings is 1. The van der Waals surface area contributed by atoms with Crippen molar-refractivity contribution in [3.8, 4) is 5.69 Å². The molecule has 0 radical (unpaired) electrons. The predicted octanol–water partition coefficient (Wildman–Crippen LogP) is 6.02. The highest BCUT2D eigenvalue weighted by atomic mass is 35.5. The maximum Gasteiger partial charge on any atom is 0.227 e. The zero-order valence-electron chi connectivity index (χ0n) is 26.1. The van der Waals surface area contributed by atoms with Gasteiger partial charge >= 0.3 is 0 Å². The van der Waals surface area contributed by atoms with Crippen molar-refractivity contribution < 1.29 is 9.18 Å². The highest BCUT2D eigenvalue weighted by Gasteiger charge is 2.34. The van der Waals surface area contributed by atoms with Crippen LogP contribution < -0.4 is 0 Å². The summed E-state index contributed by atoms with van der Waals surface area (Å²) in [5.41, 5.74) is 6.09. The Labute approximate surface area is 258 Å². The van der Waals surface area contributed by atoms with E-state index in [0.29, 0.717) is 31.1 Å². The normalized spacial score (nSPS) is 19.0. The summed E-state index contributed by atoms with van der Waals surface area (Å²) in [7, 11) is 0. The van der Waals surface area contributed by atoms with Crippen molar-refractivity contribution in [2.75, 3.05) is 13.1 Å². The topological polar surface area (TPSA) is 72.1 Å². The van der Waals surface area contributed by atoms with Crippen molar-refractivity contribution in [1.29, 1.82) is 0 Å². The quantitative estimate of drug-likeness (QED) is 0.246. The smallest absolute Gasteiger partial charge is 0.227 e. The second kappa shape index (κ2) is 12.2. The lowest BCUT2D eigenvalue weighted by Crippen LogP contribution is -2.57. The summed E-state index contributed by atoms with van der Waals surface area (Å²) in [6.07, 6.45) is 3.09. The monoisotopic (exact) mass is 605 g/mol. The highest BCUT2D eigenvalue weighted by Crippen LogP contribution is 2.30. The summed E-state index contributed by atoms with van der Waals surface area (Å²) in [6, 6.07) is 12.8. The summed E-state index contributed by atoms with van der Waals surface area (Å²) in [5.74, 6) is -0.148. The molecule has 0 aliphatic carbocycles. The van der Waals surface area contributed by atoms with E-state index in [1.807, 2.05) is 71.6 Å². The van der Waals surface area contributed by atoms with Gasteiger partial charge in [0.1, 0.15) is 5.82 Å². The number of aromatic nitrogens is 5. The van der Waals surface area contributed by atoms with Crippen LogP contribution in [0.5, 0.6) is 0 Å². The first-order valence-electron chi connectivity index (χ1n) is 14.9. The van der Waals surface area contributed by atoms with Crippen LogP contribution in [0.15, 0.2) is 48.7 Å². The molecule has 43 heavy (non-hydrogen) atoms. The zero-order valence-corrected chi connectivity index (χ0v) is 26.9. The Balaban J connectivity index is 1.25. The third-order valence-electron chi connectivity index (χ3n) is 9.17. The fraction of sp³-hybridized carbons (Fsp3) is 0.455. The highest BCUT2D eigenvalue weighted by molar-refractivity contribution is 6.31. The van der Waals surface area contributed by atoms with Crippen LogP contribution in [0.3, 0.4) is 0 Å². The second-order valence-corrected chi connectivity index (χ2v) is 12.5. The summed E-state index contributed by atoms with van der Waals surface area (Å²) < 4.78 is 17.3. The van der Waals surface area contributed by atoms with Crippen LogP contribution in [0.25, 0.3) is 5.69 Å². The average Bonchev–Trinajstić information content (AvgIpc) is 3.56. The Bertz CT molecular complexity index is 1600. The first-order valence-corrected chi connectivity index (χ1v) is 15.3. The first-order chi connectivity index (χ1) is 20.4. The Hall–Kier alpha value is -3.56. The molecule has 1 amide bonds. The minimum atomic E-state index is -0.433. The molecule has 0 saturated carbocycles. The van der Waals surface area contributed by atoms with E-state index in [0.717, 1.165) is 45.9 Å². The van der Waals surface area contributed by atoms with Crippen LogP contribution in [-0.2, 0) is 23.3 Å². The lowest BCUT2D eigenvalue weighted by Gasteiger charge is -2.44. The van der Waals surface area contributed by atoms with Gasteiger partial charge in [-0.25, -0.2) is 13.8 Å². The summed E-state index contributed by atoms with van der Waals surface area (Å²) >= 11 is 6.37. The predicted molar refractivity (Wildman–Crippen MR) is 167 cm³/mol. The van der Waals surface area contributed by atoms with Gasteiger partial charge in [0.25, 0.3) is 0 Å². The van der Waals surface area contributed by atoms with E-state index in [2.05, 4.69) is 42.9 Å². The number of halogens is 2. The van der Waals surface area contributed by atoms with Crippen LogP contribution in [0, 0.1) is 26.6 Å². The van der Waals surface area contributed by atoms with Crippen molar-refractivity contribution in [1.82, 2.24) is 34.6 Å². The number of benzene rings is 2. The number of hydrogen-bond acceptors (Lipinski definition) is 5. The fourth-order valence-corrected chi connectivity index (χ4v) is 6.31. The van der Waals surface area contributed by atoms with Gasteiger partial charge in [0.2, 0.25) is 5.91 Å². The summed E-state index contributed by atoms with van der Waals surface area (Å²) in [5, 5.41) is 14.4. The third kappa shape index (κ3) is 6.10. The fourth-order valence-electron chi connectivity index (χ4n) is 6.14. The molecule has 3 heterocycles. The van der Waals surface area contributed by atoms with E-state index in [9.17, 15) is 9.18 Å². The number of nitrogens with zero attached hydrogens (tertiary/aromatic N) is 7. The number of aryl methyl sites for hydroxylation is 2. The molecule has 4 aromatic rings. The molecule has 228 valence electrons. The molecule has 5 rings (SSSR count). The maximum atomic E-state index is 13.6. The van der Waals surface area contributed by atoms with Crippen molar-refractivity contribution >= 4 is 17.5 Å². The van der Waals surface area contributed by atoms with Gasteiger partial charge in [-0.05, 0) is 83.4 Å². The molecule has 8 nitrogen and oxygen atoms in total. The van der Waals surface area contributed by atoms with Gasteiger partial charge in [-0.15, -0.1) is 5.10 Å². The van der Waals surface area contributed by atoms with Crippen molar-refractivity contribution in [3.63, 3.8) is 0 Å². The van der Waals surface area contributed by atoms with Crippen LogP contribution in [0.1, 0.15) is 67.9 Å². The molecule has 3 atom stereocenters. The van der Waals surface area contributed by atoms with Gasteiger partial charge in [-0.3, -0.25) is 9.69 Å². The molecule has 0 bridgehead atoms. The van der Waals surface area contributed by atoms with Crippen molar-refractivity contribution in [2.45, 2.75) is 85.5 Å². The number of carbonyl (C=O) groups is 1. The molecule has 0 N–H and O–H groups in total. The Kier molecular flexibility index (Phi) is 8.77. The molecule has 1 saturated heterocycles. The molecular weight excluding hydrogens is 565 g/mol. The summed E-state index contributed by atoms with van der Waals surface area (Å²) in [6.45, 7) is 16.4. The SMILES string of the molecule is CCC(C)(c1ccc(F)cc1)n1cc(CN2[C@H](C)CN(C(=O)Cc3c(C)nn(-c4ccc(C)c(Cl)c4)c3C)C[C@@H]2C)nn1. The van der Waals surface area contributed by atoms with Crippen molar-refractivity contribution in [2.24, 2.45) is 0 Å². The number of hydrogen-bond donors (Lipinski definition) is 0. The van der Waals surface area contributed by atoms with E-state index in [-0.39, 0.29) is 23.8 Å². The van der Waals surface area contributed by atoms with Crippen molar-refractivity contribution in [3.05, 3.63) is 93.3 Å². The second-order valence-electron chi connectivity index (χ2n) is 12.1. The molecule has 2 aromatic heterocycles. The van der Waals surface area contributed by atoms with Crippen LogP contribution in [0.4, 0.5) is 4.39 Å². The maximum absolute atomic E-state index is 13.6. The van der Waals surface area contributed by atoms with E-state index >= 15 is 0 Å². The standard InChI is InChI=1S/C33H41ClFN7O/c1-8-33(7,26-10-12-27(35)13-11-26)41-20-28(36-38-41)19-40-22(3)17-39(18-23(40)4)32(43)16-30-24(5)37-42(25(30)6)29-14-9-21(2)31(34)15-29/h9-15,20,22-23H,8,16-19H2,1-7H3/t22-,23+,33?.